The number of ether oxygens (including phenoxy) is 1. The highest BCUT2D eigenvalue weighted by molar-refractivity contribution is 5.90. The molecule has 0 bridgehead atoms. The van der Waals surface area contributed by atoms with Gasteiger partial charge in [-0.05, 0) is 50.3 Å². The summed E-state index contributed by atoms with van der Waals surface area (Å²) in [6.45, 7) is 4.91. The molecule has 2 aliphatic rings. The van der Waals surface area contributed by atoms with Gasteiger partial charge in [-0.25, -0.2) is 0 Å². The van der Waals surface area contributed by atoms with E-state index < -0.39 is 5.41 Å². The van der Waals surface area contributed by atoms with Crippen LogP contribution < -0.4 is 5.32 Å². The molecule has 0 unspecified atom stereocenters. The Hall–Kier alpha value is -2.37. The van der Waals surface area contributed by atoms with Crippen molar-refractivity contribution in [3.8, 4) is 0 Å². The minimum atomic E-state index is -0.496. The van der Waals surface area contributed by atoms with Gasteiger partial charge in [-0.3, -0.25) is 14.4 Å². The molecule has 1 aromatic carbocycles. The van der Waals surface area contributed by atoms with E-state index in [1.807, 2.05) is 36.1 Å². The van der Waals surface area contributed by atoms with Gasteiger partial charge in [-0.1, -0.05) is 31.4 Å². The molecule has 1 saturated heterocycles. The largest absolute Gasteiger partial charge is 0.466 e. The maximum absolute atomic E-state index is 13.7. The third-order valence-corrected chi connectivity index (χ3v) is 6.28. The van der Waals surface area contributed by atoms with Gasteiger partial charge in [-0.2, -0.15) is 0 Å². The van der Waals surface area contributed by atoms with Crippen LogP contribution in [0.3, 0.4) is 0 Å². The summed E-state index contributed by atoms with van der Waals surface area (Å²) in [6.07, 6.45) is 6.28. The Balaban J connectivity index is 1.75. The van der Waals surface area contributed by atoms with Crippen LogP contribution in [0, 0.1) is 5.92 Å². The van der Waals surface area contributed by atoms with Crippen LogP contribution in [0.2, 0.25) is 0 Å². The molecular formula is C23H32N2O4. The number of nitrogens with one attached hydrogen (secondary N) is 1. The quantitative estimate of drug-likeness (QED) is 0.766. The fraction of sp³-hybridized carbons (Fsp3) is 0.609. The van der Waals surface area contributed by atoms with Gasteiger partial charge in [0.05, 0.1) is 17.9 Å². The van der Waals surface area contributed by atoms with Gasteiger partial charge < -0.3 is 15.0 Å². The summed E-state index contributed by atoms with van der Waals surface area (Å²) in [4.78, 5) is 38.9. The maximum Gasteiger partial charge on any atom is 0.309 e. The number of carbonyl (C=O) groups excluding carboxylic acids is 3. The molecule has 0 spiro atoms. The zero-order valence-corrected chi connectivity index (χ0v) is 17.5. The van der Waals surface area contributed by atoms with E-state index in [4.69, 9.17) is 4.74 Å². The van der Waals surface area contributed by atoms with E-state index in [1.54, 1.807) is 0 Å². The molecule has 6 nitrogen and oxygen atoms in total. The normalized spacial score (nSPS) is 19.4. The highest BCUT2D eigenvalue weighted by atomic mass is 16.5. The Bertz CT molecular complexity index is 730. The summed E-state index contributed by atoms with van der Waals surface area (Å²) in [6, 6.07) is 7.74. The van der Waals surface area contributed by atoms with Gasteiger partial charge in [0.25, 0.3) is 0 Å². The number of nitrogens with zero attached hydrogens (tertiary/aromatic N) is 1. The predicted octanol–water partition coefficient (Wildman–Crippen LogP) is 3.65. The average Bonchev–Trinajstić information content (AvgIpc) is 2.74. The lowest BCUT2D eigenvalue weighted by Gasteiger charge is -2.42. The zero-order valence-electron chi connectivity index (χ0n) is 17.5. The van der Waals surface area contributed by atoms with Crippen molar-refractivity contribution in [1.29, 1.82) is 0 Å². The van der Waals surface area contributed by atoms with E-state index in [0.29, 0.717) is 32.5 Å². The molecule has 158 valence electrons. The number of amides is 2. The lowest BCUT2D eigenvalue weighted by atomic mass is 9.68. The summed E-state index contributed by atoms with van der Waals surface area (Å²) < 4.78 is 5.15. The fourth-order valence-corrected chi connectivity index (χ4v) is 4.74. The predicted molar refractivity (Wildman–Crippen MR) is 111 cm³/mol. The summed E-state index contributed by atoms with van der Waals surface area (Å²) in [5.41, 5.74) is 1.28. The highest BCUT2D eigenvalue weighted by Gasteiger charge is 2.44. The molecule has 2 amide bonds. The number of likely N-dealkylation sites (tertiary alicyclic amines) is 1. The van der Waals surface area contributed by atoms with Gasteiger partial charge in [0.2, 0.25) is 11.8 Å². The highest BCUT2D eigenvalue weighted by Crippen LogP contribution is 2.42. The molecule has 1 saturated carbocycles. The third-order valence-electron chi connectivity index (χ3n) is 6.28. The van der Waals surface area contributed by atoms with Gasteiger partial charge in [0.15, 0.2) is 0 Å². The van der Waals surface area contributed by atoms with Crippen LogP contribution in [-0.2, 0) is 24.5 Å². The van der Waals surface area contributed by atoms with Crippen LogP contribution >= 0.6 is 0 Å². The maximum atomic E-state index is 13.7. The van der Waals surface area contributed by atoms with E-state index in [9.17, 15) is 14.4 Å². The second-order valence-electron chi connectivity index (χ2n) is 8.22. The first-order valence-corrected chi connectivity index (χ1v) is 10.8. The van der Waals surface area contributed by atoms with Crippen LogP contribution in [0.5, 0.6) is 0 Å². The number of anilines is 1. The lowest BCUT2D eigenvalue weighted by molar-refractivity contribution is -0.152. The summed E-state index contributed by atoms with van der Waals surface area (Å²) in [7, 11) is 0. The standard InChI is InChI=1S/C23H32N2O4/c1-3-29-21(27)18-11-15-25(16-12-18)22(28)23(13-5-4-6-14-23)19-7-9-20(10-8-19)24-17(2)26/h7-10,18H,3-6,11-16H2,1-2H3,(H,24,26). The Morgan fingerprint density at radius 2 is 1.69 bits per heavy atom. The minimum absolute atomic E-state index is 0.0988. The Labute approximate surface area is 173 Å². The molecule has 3 rings (SSSR count). The van der Waals surface area contributed by atoms with Gasteiger partial charge in [0.1, 0.15) is 0 Å². The molecule has 0 aromatic heterocycles. The summed E-state index contributed by atoms with van der Waals surface area (Å²) in [5, 5.41) is 2.79. The average molecular weight is 401 g/mol. The second kappa shape index (κ2) is 9.42. The number of benzene rings is 1. The van der Waals surface area contributed by atoms with E-state index in [2.05, 4.69) is 5.32 Å². The number of carbonyl (C=O) groups is 3. The molecule has 0 radical (unpaired) electrons. The van der Waals surface area contributed by atoms with Gasteiger partial charge >= 0.3 is 5.97 Å². The smallest absolute Gasteiger partial charge is 0.309 e. The van der Waals surface area contributed by atoms with Crippen LogP contribution in [0.1, 0.15) is 64.4 Å². The fourth-order valence-electron chi connectivity index (χ4n) is 4.74. The van der Waals surface area contributed by atoms with Gasteiger partial charge in [-0.15, -0.1) is 0 Å². The number of esters is 1. The van der Waals surface area contributed by atoms with Crippen molar-refractivity contribution in [1.82, 2.24) is 4.90 Å². The van der Waals surface area contributed by atoms with E-state index >= 15 is 0 Å². The van der Waals surface area contributed by atoms with Crippen molar-refractivity contribution >= 4 is 23.5 Å². The van der Waals surface area contributed by atoms with E-state index in [0.717, 1.165) is 43.4 Å². The first kappa shape index (κ1) is 21.3. The first-order chi connectivity index (χ1) is 14.0. The minimum Gasteiger partial charge on any atom is -0.466 e. The monoisotopic (exact) mass is 400 g/mol. The molecule has 29 heavy (non-hydrogen) atoms. The Morgan fingerprint density at radius 1 is 1.07 bits per heavy atom. The zero-order chi connectivity index (χ0) is 20.9. The second-order valence-corrected chi connectivity index (χ2v) is 8.22. The van der Waals surface area contributed by atoms with Crippen LogP contribution in [0.15, 0.2) is 24.3 Å². The summed E-state index contributed by atoms with van der Waals surface area (Å²) >= 11 is 0. The molecule has 1 aliphatic heterocycles. The molecule has 2 fully saturated rings. The van der Waals surface area contributed by atoms with Crippen molar-refractivity contribution in [3.63, 3.8) is 0 Å². The number of piperidine rings is 1. The molecule has 0 atom stereocenters. The number of hydrogen-bond acceptors (Lipinski definition) is 4. The molecule has 6 heteroatoms. The van der Waals surface area contributed by atoms with Crippen molar-refractivity contribution in [3.05, 3.63) is 29.8 Å². The van der Waals surface area contributed by atoms with Crippen molar-refractivity contribution < 1.29 is 19.1 Å². The summed E-state index contributed by atoms with van der Waals surface area (Å²) in [5.74, 6) is -0.156. The van der Waals surface area contributed by atoms with Crippen molar-refractivity contribution in [2.75, 3.05) is 25.0 Å². The first-order valence-electron chi connectivity index (χ1n) is 10.8. The molecule has 1 N–H and O–H groups in total. The Morgan fingerprint density at radius 3 is 2.24 bits per heavy atom. The van der Waals surface area contributed by atoms with Crippen LogP contribution in [0.4, 0.5) is 5.69 Å². The van der Waals surface area contributed by atoms with Crippen molar-refractivity contribution in [2.24, 2.45) is 5.92 Å². The molecule has 1 aliphatic carbocycles. The molecular weight excluding hydrogens is 368 g/mol. The number of hydrogen-bond donors (Lipinski definition) is 1. The number of rotatable bonds is 5. The SMILES string of the molecule is CCOC(=O)C1CCN(C(=O)C2(c3ccc(NC(C)=O)cc3)CCCCC2)CC1. The molecule has 1 heterocycles. The van der Waals surface area contributed by atoms with Crippen LogP contribution in [0.25, 0.3) is 0 Å². The third kappa shape index (κ3) is 4.80. The topological polar surface area (TPSA) is 75.7 Å². The molecule has 1 aromatic rings. The Kier molecular flexibility index (Phi) is 6.93. The van der Waals surface area contributed by atoms with Crippen LogP contribution in [-0.4, -0.2) is 42.4 Å². The van der Waals surface area contributed by atoms with E-state index in [1.165, 1.54) is 6.92 Å². The van der Waals surface area contributed by atoms with E-state index in [-0.39, 0.29) is 23.7 Å². The van der Waals surface area contributed by atoms with Gasteiger partial charge in [0, 0.05) is 25.7 Å². The lowest BCUT2D eigenvalue weighted by Crippen LogP contribution is -2.51. The van der Waals surface area contributed by atoms with Crippen molar-refractivity contribution in [2.45, 2.75) is 64.2 Å².